The fraction of sp³-hybridized carbons (Fsp3) is 0.0588. The number of nitrogens with one attached hydrogen (secondary N) is 2. The molecule has 0 aliphatic carbocycles. The lowest BCUT2D eigenvalue weighted by molar-refractivity contribution is 0.0829. The van der Waals surface area contributed by atoms with Crippen molar-refractivity contribution in [3.63, 3.8) is 0 Å². The number of hydrogen-bond donors (Lipinski definition) is 2. The second kappa shape index (κ2) is 7.33. The summed E-state index contributed by atoms with van der Waals surface area (Å²) >= 11 is 1.17. The van der Waals surface area contributed by atoms with Gasteiger partial charge in [-0.2, -0.15) is 0 Å². The number of sulfone groups is 1. The zero-order valence-corrected chi connectivity index (χ0v) is 15.5. The van der Waals surface area contributed by atoms with Gasteiger partial charge in [-0.05, 0) is 42.0 Å². The molecule has 7 nitrogen and oxygen atoms in total. The molecule has 2 amide bonds. The van der Waals surface area contributed by atoms with Crippen molar-refractivity contribution < 1.29 is 26.8 Å². The summed E-state index contributed by atoms with van der Waals surface area (Å²) in [7, 11) is -3.57. The van der Waals surface area contributed by atoms with E-state index in [9.17, 15) is 22.4 Å². The van der Waals surface area contributed by atoms with Gasteiger partial charge < -0.3 is 4.42 Å². The molecule has 0 unspecified atom stereocenters. The Bertz CT molecular complexity index is 1100. The maximum absolute atomic E-state index is 13.0. The van der Waals surface area contributed by atoms with Crippen molar-refractivity contribution in [1.82, 2.24) is 10.9 Å². The van der Waals surface area contributed by atoms with Crippen LogP contribution < -0.4 is 10.9 Å². The number of rotatable bonds is 4. The van der Waals surface area contributed by atoms with Gasteiger partial charge in [-0.3, -0.25) is 20.4 Å². The molecule has 0 bridgehead atoms. The summed E-state index contributed by atoms with van der Waals surface area (Å²) in [5.41, 5.74) is 5.13. The summed E-state index contributed by atoms with van der Waals surface area (Å²) in [5, 5.41) is -0.346. The van der Waals surface area contributed by atoms with E-state index in [-0.39, 0.29) is 16.7 Å². The molecule has 1 aromatic carbocycles. The number of amides is 2. The number of carbonyl (C=O) groups is 2. The van der Waals surface area contributed by atoms with Crippen LogP contribution in [0.25, 0.3) is 10.4 Å². The van der Waals surface area contributed by atoms with Crippen molar-refractivity contribution in [3.05, 3.63) is 65.0 Å². The van der Waals surface area contributed by atoms with Gasteiger partial charge >= 0.3 is 5.91 Å². The lowest BCUT2D eigenvalue weighted by Crippen LogP contribution is -2.41. The van der Waals surface area contributed by atoms with Crippen LogP contribution in [0.3, 0.4) is 0 Å². The van der Waals surface area contributed by atoms with Crippen molar-refractivity contribution in [2.75, 3.05) is 6.26 Å². The van der Waals surface area contributed by atoms with Gasteiger partial charge in [0.1, 0.15) is 5.82 Å². The molecule has 0 saturated carbocycles. The predicted octanol–water partition coefficient (Wildman–Crippen LogP) is 2.63. The monoisotopic (exact) mass is 408 g/mol. The SMILES string of the molecule is CS(=O)(=O)c1ccc(C(=O)NNC(=O)c2ccc(-c3ccc(F)cc3)s2)o1. The van der Waals surface area contributed by atoms with Gasteiger partial charge in [-0.25, -0.2) is 12.8 Å². The average Bonchev–Trinajstić information content (AvgIpc) is 3.29. The van der Waals surface area contributed by atoms with Gasteiger partial charge in [0, 0.05) is 11.1 Å². The molecule has 2 N–H and O–H groups in total. The first-order valence-corrected chi connectivity index (χ1v) is 10.2. The van der Waals surface area contributed by atoms with Gasteiger partial charge in [0.15, 0.2) is 5.76 Å². The van der Waals surface area contributed by atoms with Crippen LogP contribution in [0.2, 0.25) is 0 Å². The molecule has 0 saturated heterocycles. The highest BCUT2D eigenvalue weighted by molar-refractivity contribution is 7.90. The minimum Gasteiger partial charge on any atom is -0.439 e. The first-order valence-electron chi connectivity index (χ1n) is 7.50. The second-order valence-electron chi connectivity index (χ2n) is 5.47. The molecule has 0 radical (unpaired) electrons. The zero-order chi connectivity index (χ0) is 19.6. The van der Waals surface area contributed by atoms with E-state index in [0.717, 1.165) is 22.8 Å². The highest BCUT2D eigenvalue weighted by atomic mass is 32.2. The normalized spacial score (nSPS) is 11.2. The van der Waals surface area contributed by atoms with Crippen LogP contribution in [-0.2, 0) is 9.84 Å². The molecule has 10 heteroatoms. The molecule has 0 atom stereocenters. The molecule has 3 rings (SSSR count). The van der Waals surface area contributed by atoms with Crippen molar-refractivity contribution in [2.45, 2.75) is 5.09 Å². The van der Waals surface area contributed by atoms with Crippen molar-refractivity contribution in [3.8, 4) is 10.4 Å². The summed E-state index contributed by atoms with van der Waals surface area (Å²) in [6, 6.07) is 11.5. The maximum atomic E-state index is 13.0. The highest BCUT2D eigenvalue weighted by Crippen LogP contribution is 2.28. The third-order valence-corrected chi connectivity index (χ3v) is 5.50. The fourth-order valence-corrected chi connectivity index (χ4v) is 3.57. The van der Waals surface area contributed by atoms with Crippen LogP contribution >= 0.6 is 11.3 Å². The van der Waals surface area contributed by atoms with Gasteiger partial charge in [0.05, 0.1) is 4.88 Å². The largest absolute Gasteiger partial charge is 0.439 e. The Balaban J connectivity index is 1.63. The van der Waals surface area contributed by atoms with E-state index in [0.29, 0.717) is 4.88 Å². The summed E-state index contributed by atoms with van der Waals surface area (Å²) in [6.07, 6.45) is 0.949. The first-order chi connectivity index (χ1) is 12.7. The van der Waals surface area contributed by atoms with Crippen molar-refractivity contribution in [2.24, 2.45) is 0 Å². The summed E-state index contributed by atoms with van der Waals surface area (Å²) in [5.74, 6) is -1.97. The lowest BCUT2D eigenvalue weighted by Gasteiger charge is -2.04. The molecular weight excluding hydrogens is 395 g/mol. The van der Waals surface area contributed by atoms with E-state index in [1.165, 1.54) is 29.5 Å². The number of thiophene rings is 1. The lowest BCUT2D eigenvalue weighted by atomic mass is 10.2. The molecular formula is C17H13FN2O5S2. The minimum atomic E-state index is -3.57. The zero-order valence-electron chi connectivity index (χ0n) is 13.9. The molecule has 2 heterocycles. The number of hydrazine groups is 1. The first kappa shape index (κ1) is 18.8. The fourth-order valence-electron chi connectivity index (χ4n) is 2.11. The Morgan fingerprint density at radius 3 is 2.26 bits per heavy atom. The smallest absolute Gasteiger partial charge is 0.305 e. The molecule has 0 aliphatic rings. The molecule has 3 aromatic rings. The van der Waals surface area contributed by atoms with E-state index in [1.807, 2.05) is 0 Å². The molecule has 0 aliphatic heterocycles. The van der Waals surface area contributed by atoms with Gasteiger partial charge in [-0.15, -0.1) is 11.3 Å². The van der Waals surface area contributed by atoms with E-state index < -0.39 is 21.7 Å². The van der Waals surface area contributed by atoms with E-state index in [4.69, 9.17) is 4.42 Å². The van der Waals surface area contributed by atoms with Crippen LogP contribution in [0.15, 0.2) is 58.0 Å². The minimum absolute atomic E-state index is 0.256. The Morgan fingerprint density at radius 1 is 0.963 bits per heavy atom. The van der Waals surface area contributed by atoms with E-state index in [1.54, 1.807) is 24.3 Å². The Labute approximate surface area is 157 Å². The molecule has 27 heavy (non-hydrogen) atoms. The van der Waals surface area contributed by atoms with E-state index in [2.05, 4.69) is 10.9 Å². The van der Waals surface area contributed by atoms with E-state index >= 15 is 0 Å². The molecule has 0 spiro atoms. The predicted molar refractivity (Wildman–Crippen MR) is 96.5 cm³/mol. The quantitative estimate of drug-likeness (QED) is 0.646. The van der Waals surface area contributed by atoms with Crippen molar-refractivity contribution in [1.29, 1.82) is 0 Å². The number of hydrogen-bond acceptors (Lipinski definition) is 6. The third-order valence-electron chi connectivity index (χ3n) is 3.42. The number of carbonyl (C=O) groups excluding carboxylic acids is 2. The Hall–Kier alpha value is -2.98. The number of benzene rings is 1. The van der Waals surface area contributed by atoms with Gasteiger partial charge in [0.25, 0.3) is 5.91 Å². The highest BCUT2D eigenvalue weighted by Gasteiger charge is 2.18. The maximum Gasteiger partial charge on any atom is 0.305 e. The van der Waals surface area contributed by atoms with Crippen LogP contribution in [0.1, 0.15) is 20.2 Å². The van der Waals surface area contributed by atoms with Crippen molar-refractivity contribution >= 4 is 33.0 Å². The number of halogens is 1. The standard InChI is InChI=1S/C17H13FN2O5S2/c1-27(23,24)15-9-6-12(25-15)16(21)19-20-17(22)14-8-7-13(26-14)10-2-4-11(18)5-3-10/h2-9H,1H3,(H,19,21)(H,20,22). The molecule has 2 aromatic heterocycles. The second-order valence-corrected chi connectivity index (χ2v) is 8.50. The molecule has 140 valence electrons. The summed E-state index contributed by atoms with van der Waals surface area (Å²) in [4.78, 5) is 25.2. The van der Waals surface area contributed by atoms with Crippen LogP contribution in [0.5, 0.6) is 0 Å². The summed E-state index contributed by atoms with van der Waals surface area (Å²) < 4.78 is 40.6. The summed E-state index contributed by atoms with van der Waals surface area (Å²) in [6.45, 7) is 0. The Kier molecular flexibility index (Phi) is 5.10. The van der Waals surface area contributed by atoms with Gasteiger partial charge in [-0.1, -0.05) is 12.1 Å². The third kappa shape index (κ3) is 4.41. The van der Waals surface area contributed by atoms with Crippen LogP contribution in [-0.4, -0.2) is 26.5 Å². The van der Waals surface area contributed by atoms with Crippen LogP contribution in [0.4, 0.5) is 4.39 Å². The van der Waals surface area contributed by atoms with Crippen LogP contribution in [0, 0.1) is 5.82 Å². The molecule has 0 fully saturated rings. The number of furan rings is 1. The van der Waals surface area contributed by atoms with Gasteiger partial charge in [0.2, 0.25) is 14.9 Å². The average molecular weight is 408 g/mol. The topological polar surface area (TPSA) is 105 Å². The Morgan fingerprint density at radius 2 is 1.63 bits per heavy atom.